The predicted molar refractivity (Wildman–Crippen MR) is 88.5 cm³/mol. The zero-order chi connectivity index (χ0) is 15.3. The molecule has 0 aliphatic heterocycles. The molecule has 6 nitrogen and oxygen atoms in total. The third-order valence-electron chi connectivity index (χ3n) is 3.32. The SMILES string of the molecule is Cl.NCCCC(=O)Nc1ccc(S(=O)(=O)NCC2CC2)cc1. The highest BCUT2D eigenvalue weighted by Crippen LogP contribution is 2.28. The molecule has 1 fully saturated rings. The molecule has 0 radical (unpaired) electrons. The number of rotatable bonds is 8. The van der Waals surface area contributed by atoms with Crippen molar-refractivity contribution in [3.05, 3.63) is 24.3 Å². The molecule has 1 aliphatic carbocycles. The van der Waals surface area contributed by atoms with Crippen LogP contribution in [0.2, 0.25) is 0 Å². The normalized spacial score (nSPS) is 14.2. The lowest BCUT2D eigenvalue weighted by Gasteiger charge is -2.08. The molecular weight excluding hydrogens is 326 g/mol. The summed E-state index contributed by atoms with van der Waals surface area (Å²) in [5, 5.41) is 2.71. The molecule has 8 heteroatoms. The number of anilines is 1. The van der Waals surface area contributed by atoms with Gasteiger partial charge < -0.3 is 11.1 Å². The molecule has 1 amide bonds. The van der Waals surface area contributed by atoms with Crippen LogP contribution in [-0.2, 0) is 14.8 Å². The first-order chi connectivity index (χ1) is 10.0. The van der Waals surface area contributed by atoms with E-state index in [2.05, 4.69) is 10.0 Å². The van der Waals surface area contributed by atoms with Gasteiger partial charge in [0.1, 0.15) is 0 Å². The number of nitrogens with one attached hydrogen (secondary N) is 2. The van der Waals surface area contributed by atoms with E-state index in [4.69, 9.17) is 5.73 Å². The van der Waals surface area contributed by atoms with Gasteiger partial charge in [0, 0.05) is 18.7 Å². The summed E-state index contributed by atoms with van der Waals surface area (Å²) in [6.07, 6.45) is 3.18. The van der Waals surface area contributed by atoms with E-state index in [1.807, 2.05) is 0 Å². The molecule has 4 N–H and O–H groups in total. The van der Waals surface area contributed by atoms with Gasteiger partial charge in [0.05, 0.1) is 4.90 Å². The first kappa shape index (κ1) is 18.9. The topological polar surface area (TPSA) is 101 Å². The third-order valence-corrected chi connectivity index (χ3v) is 4.75. The smallest absolute Gasteiger partial charge is 0.240 e. The molecule has 0 saturated heterocycles. The van der Waals surface area contributed by atoms with Crippen LogP contribution in [0.4, 0.5) is 5.69 Å². The largest absolute Gasteiger partial charge is 0.330 e. The Morgan fingerprint density at radius 2 is 1.86 bits per heavy atom. The van der Waals surface area contributed by atoms with Crippen molar-refractivity contribution in [2.75, 3.05) is 18.4 Å². The lowest BCUT2D eigenvalue weighted by molar-refractivity contribution is -0.116. The van der Waals surface area contributed by atoms with Crippen molar-refractivity contribution in [3.63, 3.8) is 0 Å². The summed E-state index contributed by atoms with van der Waals surface area (Å²) in [7, 11) is -3.45. The minimum atomic E-state index is -3.45. The van der Waals surface area contributed by atoms with Crippen LogP contribution in [0.25, 0.3) is 0 Å². The van der Waals surface area contributed by atoms with Gasteiger partial charge in [-0.2, -0.15) is 0 Å². The Morgan fingerprint density at radius 3 is 2.41 bits per heavy atom. The number of nitrogens with two attached hydrogens (primary N) is 1. The summed E-state index contributed by atoms with van der Waals surface area (Å²) in [5.41, 5.74) is 5.92. The van der Waals surface area contributed by atoms with E-state index in [0.717, 1.165) is 12.8 Å². The average Bonchev–Trinajstić information content (AvgIpc) is 3.28. The van der Waals surface area contributed by atoms with E-state index in [1.54, 1.807) is 12.1 Å². The van der Waals surface area contributed by atoms with Crippen molar-refractivity contribution in [1.82, 2.24) is 4.72 Å². The van der Waals surface area contributed by atoms with Gasteiger partial charge in [-0.15, -0.1) is 12.4 Å². The minimum absolute atomic E-state index is 0. The fourth-order valence-corrected chi connectivity index (χ4v) is 2.95. The van der Waals surface area contributed by atoms with Crippen LogP contribution in [-0.4, -0.2) is 27.4 Å². The van der Waals surface area contributed by atoms with E-state index in [-0.39, 0.29) is 23.2 Å². The second-order valence-electron chi connectivity index (χ2n) is 5.26. The van der Waals surface area contributed by atoms with E-state index in [1.165, 1.54) is 12.1 Å². The molecule has 0 bridgehead atoms. The van der Waals surface area contributed by atoms with Crippen LogP contribution < -0.4 is 15.8 Å². The van der Waals surface area contributed by atoms with Gasteiger partial charge in [0.15, 0.2) is 0 Å². The average molecular weight is 348 g/mol. The van der Waals surface area contributed by atoms with Crippen molar-refractivity contribution in [2.24, 2.45) is 11.7 Å². The molecule has 0 aromatic heterocycles. The van der Waals surface area contributed by atoms with Crippen molar-refractivity contribution >= 4 is 34.0 Å². The summed E-state index contributed by atoms with van der Waals surface area (Å²) in [4.78, 5) is 11.8. The first-order valence-corrected chi connectivity index (χ1v) is 8.59. The van der Waals surface area contributed by atoms with Crippen LogP contribution in [0.5, 0.6) is 0 Å². The fraction of sp³-hybridized carbons (Fsp3) is 0.500. The number of hydrogen-bond donors (Lipinski definition) is 3. The Morgan fingerprint density at radius 1 is 1.23 bits per heavy atom. The minimum Gasteiger partial charge on any atom is -0.330 e. The summed E-state index contributed by atoms with van der Waals surface area (Å²) in [5.74, 6) is 0.365. The van der Waals surface area contributed by atoms with Crippen LogP contribution in [0, 0.1) is 5.92 Å². The number of carbonyl (C=O) groups excluding carboxylic acids is 1. The number of benzene rings is 1. The Hall–Kier alpha value is -1.15. The van der Waals surface area contributed by atoms with E-state index < -0.39 is 10.0 Å². The molecule has 0 unspecified atom stereocenters. The molecule has 0 atom stereocenters. The second kappa shape index (κ2) is 8.47. The first-order valence-electron chi connectivity index (χ1n) is 7.11. The van der Waals surface area contributed by atoms with Crippen LogP contribution in [0.3, 0.4) is 0 Å². The van der Waals surface area contributed by atoms with E-state index >= 15 is 0 Å². The molecule has 1 aromatic rings. The molecule has 22 heavy (non-hydrogen) atoms. The highest BCUT2D eigenvalue weighted by Gasteiger charge is 2.24. The molecule has 0 spiro atoms. The highest BCUT2D eigenvalue weighted by molar-refractivity contribution is 7.89. The predicted octanol–water partition coefficient (Wildman–Crippen LogP) is 1.47. The lowest BCUT2D eigenvalue weighted by atomic mass is 10.2. The molecule has 1 saturated carbocycles. The van der Waals surface area contributed by atoms with Gasteiger partial charge in [-0.1, -0.05) is 0 Å². The van der Waals surface area contributed by atoms with Gasteiger partial charge in [0.25, 0.3) is 0 Å². The zero-order valence-electron chi connectivity index (χ0n) is 12.2. The summed E-state index contributed by atoms with van der Waals surface area (Å²) in [6.45, 7) is 0.969. The number of halogens is 1. The molecule has 2 rings (SSSR count). The van der Waals surface area contributed by atoms with Crippen molar-refractivity contribution < 1.29 is 13.2 Å². The van der Waals surface area contributed by atoms with Gasteiger partial charge in [-0.3, -0.25) is 4.79 Å². The van der Waals surface area contributed by atoms with Gasteiger partial charge in [0.2, 0.25) is 15.9 Å². The molecule has 1 aromatic carbocycles. The number of sulfonamides is 1. The number of carbonyl (C=O) groups is 1. The highest BCUT2D eigenvalue weighted by atomic mass is 35.5. The maximum atomic E-state index is 12.0. The maximum absolute atomic E-state index is 12.0. The quantitative estimate of drug-likeness (QED) is 0.662. The molecule has 1 aliphatic rings. The van der Waals surface area contributed by atoms with Crippen molar-refractivity contribution in [3.8, 4) is 0 Å². The Kier molecular flexibility index (Phi) is 7.28. The maximum Gasteiger partial charge on any atom is 0.240 e. The van der Waals surface area contributed by atoms with Gasteiger partial charge >= 0.3 is 0 Å². The lowest BCUT2D eigenvalue weighted by Crippen LogP contribution is -2.25. The standard InChI is InChI=1S/C14H21N3O3S.ClH/c15-9-1-2-14(18)17-12-5-7-13(8-6-12)21(19,20)16-10-11-3-4-11;/h5-8,11,16H,1-4,9-10,15H2,(H,17,18);1H. The van der Waals surface area contributed by atoms with Gasteiger partial charge in [-0.05, 0) is 56.0 Å². The number of hydrogen-bond acceptors (Lipinski definition) is 4. The molecule has 124 valence electrons. The summed E-state index contributed by atoms with van der Waals surface area (Å²) in [6, 6.07) is 6.17. The third kappa shape index (κ3) is 5.92. The number of amides is 1. The fourth-order valence-electron chi connectivity index (χ4n) is 1.84. The van der Waals surface area contributed by atoms with Gasteiger partial charge in [-0.25, -0.2) is 13.1 Å². The van der Waals surface area contributed by atoms with E-state index in [0.29, 0.717) is 37.5 Å². The molecular formula is C14H22ClN3O3S. The van der Waals surface area contributed by atoms with Crippen LogP contribution in [0.1, 0.15) is 25.7 Å². The molecule has 0 heterocycles. The van der Waals surface area contributed by atoms with E-state index in [9.17, 15) is 13.2 Å². The summed E-state index contributed by atoms with van der Waals surface area (Å²) >= 11 is 0. The Balaban J connectivity index is 0.00000242. The second-order valence-corrected chi connectivity index (χ2v) is 7.03. The monoisotopic (exact) mass is 347 g/mol. The Labute approximate surface area is 137 Å². The van der Waals surface area contributed by atoms with Crippen molar-refractivity contribution in [2.45, 2.75) is 30.6 Å². The van der Waals surface area contributed by atoms with Crippen molar-refractivity contribution in [1.29, 1.82) is 0 Å². The van der Waals surface area contributed by atoms with Crippen LogP contribution in [0.15, 0.2) is 29.2 Å². The Bertz CT molecular complexity index is 586. The summed E-state index contributed by atoms with van der Waals surface area (Å²) < 4.78 is 26.7. The zero-order valence-corrected chi connectivity index (χ0v) is 13.9. The van der Waals surface area contributed by atoms with Crippen LogP contribution >= 0.6 is 12.4 Å².